The summed E-state index contributed by atoms with van der Waals surface area (Å²) in [5.41, 5.74) is 0. The minimum absolute atomic E-state index is 0.141. The first-order valence-electron chi connectivity index (χ1n) is 8.11. The molecule has 2 fully saturated rings. The molecule has 1 N–H and O–H groups in total. The van der Waals surface area contributed by atoms with Gasteiger partial charge in [-0.1, -0.05) is 6.42 Å². The summed E-state index contributed by atoms with van der Waals surface area (Å²) in [6.07, 6.45) is 7.99. The SMILES string of the molecule is CC(NC1CCCC(S(C)(=O)=O)C1)C(=O)N1CCCCC1. The average molecular weight is 316 g/mol. The predicted octanol–water partition coefficient (Wildman–Crippen LogP) is 1.33. The first-order chi connectivity index (χ1) is 9.88. The van der Waals surface area contributed by atoms with Gasteiger partial charge in [0.25, 0.3) is 0 Å². The Kier molecular flexibility index (Phi) is 5.66. The van der Waals surface area contributed by atoms with Crippen molar-refractivity contribution in [3.05, 3.63) is 0 Å². The smallest absolute Gasteiger partial charge is 0.239 e. The second-order valence-electron chi connectivity index (χ2n) is 6.59. The quantitative estimate of drug-likeness (QED) is 0.850. The van der Waals surface area contributed by atoms with Gasteiger partial charge in [-0.25, -0.2) is 8.42 Å². The maximum atomic E-state index is 12.4. The van der Waals surface area contributed by atoms with E-state index in [-0.39, 0.29) is 23.2 Å². The Morgan fingerprint density at radius 1 is 1.14 bits per heavy atom. The molecule has 0 bridgehead atoms. The molecule has 5 nitrogen and oxygen atoms in total. The van der Waals surface area contributed by atoms with Gasteiger partial charge in [-0.3, -0.25) is 4.79 Å². The lowest BCUT2D eigenvalue weighted by Crippen LogP contribution is -2.51. The van der Waals surface area contributed by atoms with Crippen LogP contribution in [0.4, 0.5) is 0 Å². The molecule has 1 aliphatic heterocycles. The van der Waals surface area contributed by atoms with Gasteiger partial charge in [-0.2, -0.15) is 0 Å². The maximum Gasteiger partial charge on any atom is 0.239 e. The van der Waals surface area contributed by atoms with E-state index < -0.39 is 9.84 Å². The van der Waals surface area contributed by atoms with Crippen LogP contribution in [0, 0.1) is 0 Å². The second kappa shape index (κ2) is 7.09. The van der Waals surface area contributed by atoms with E-state index in [0.29, 0.717) is 6.42 Å². The zero-order valence-corrected chi connectivity index (χ0v) is 14.0. The Morgan fingerprint density at radius 3 is 2.43 bits per heavy atom. The molecule has 6 heteroatoms. The summed E-state index contributed by atoms with van der Waals surface area (Å²) < 4.78 is 23.4. The highest BCUT2D eigenvalue weighted by molar-refractivity contribution is 7.91. The van der Waals surface area contributed by atoms with Crippen LogP contribution >= 0.6 is 0 Å². The number of sulfone groups is 1. The van der Waals surface area contributed by atoms with Gasteiger partial charge in [0.15, 0.2) is 0 Å². The summed E-state index contributed by atoms with van der Waals surface area (Å²) in [6.45, 7) is 3.63. The van der Waals surface area contributed by atoms with E-state index in [9.17, 15) is 13.2 Å². The first kappa shape index (κ1) is 16.7. The third-order valence-electron chi connectivity index (χ3n) is 4.76. The molecule has 1 saturated carbocycles. The highest BCUT2D eigenvalue weighted by Crippen LogP contribution is 2.24. The van der Waals surface area contributed by atoms with E-state index in [4.69, 9.17) is 0 Å². The van der Waals surface area contributed by atoms with Gasteiger partial charge < -0.3 is 10.2 Å². The standard InChI is InChI=1S/C15H28N2O3S/c1-12(15(18)17-9-4-3-5-10-17)16-13-7-6-8-14(11-13)21(2,19)20/h12-14,16H,3-11H2,1-2H3. The highest BCUT2D eigenvalue weighted by atomic mass is 32.2. The van der Waals surface area contributed by atoms with E-state index in [2.05, 4.69) is 5.32 Å². The first-order valence-corrected chi connectivity index (χ1v) is 10.1. The molecule has 0 radical (unpaired) electrons. The number of nitrogens with zero attached hydrogens (tertiary/aromatic N) is 1. The van der Waals surface area contributed by atoms with E-state index in [1.165, 1.54) is 12.7 Å². The number of hydrogen-bond acceptors (Lipinski definition) is 4. The second-order valence-corrected chi connectivity index (χ2v) is 8.92. The fourth-order valence-corrected chi connectivity index (χ4v) is 4.67. The normalized spacial score (nSPS) is 29.1. The third-order valence-corrected chi connectivity index (χ3v) is 6.39. The van der Waals surface area contributed by atoms with Crippen LogP contribution in [0.1, 0.15) is 51.9 Å². The largest absolute Gasteiger partial charge is 0.341 e. The Morgan fingerprint density at radius 2 is 1.81 bits per heavy atom. The minimum atomic E-state index is -2.97. The molecular formula is C15H28N2O3S. The molecule has 0 aromatic carbocycles. The molecule has 3 atom stereocenters. The summed E-state index contributed by atoms with van der Waals surface area (Å²) in [4.78, 5) is 14.3. The number of piperidine rings is 1. The molecule has 2 rings (SSSR count). The van der Waals surface area contributed by atoms with Crippen LogP contribution in [0.5, 0.6) is 0 Å². The van der Waals surface area contributed by atoms with Crippen LogP contribution in [0.15, 0.2) is 0 Å². The molecule has 0 spiro atoms. The Balaban J connectivity index is 1.86. The lowest BCUT2D eigenvalue weighted by atomic mass is 9.94. The Labute approximate surface area is 128 Å². The summed E-state index contributed by atoms with van der Waals surface area (Å²) in [6, 6.07) is -0.0753. The van der Waals surface area contributed by atoms with Gasteiger partial charge in [-0.05, 0) is 45.4 Å². The molecule has 0 aromatic rings. The molecule has 21 heavy (non-hydrogen) atoms. The van der Waals surface area contributed by atoms with Crippen molar-refractivity contribution in [2.24, 2.45) is 0 Å². The third kappa shape index (κ3) is 4.68. The van der Waals surface area contributed by atoms with Gasteiger partial charge in [0.05, 0.1) is 11.3 Å². The predicted molar refractivity (Wildman–Crippen MR) is 83.9 cm³/mol. The average Bonchev–Trinajstić information content (AvgIpc) is 2.47. The van der Waals surface area contributed by atoms with Gasteiger partial charge in [0, 0.05) is 25.4 Å². The zero-order chi connectivity index (χ0) is 15.5. The molecule has 1 saturated heterocycles. The molecule has 1 heterocycles. The number of hydrogen-bond donors (Lipinski definition) is 1. The molecule has 0 aromatic heterocycles. The van der Waals surface area contributed by atoms with Crippen LogP contribution in [-0.4, -0.2) is 55.9 Å². The Bertz CT molecular complexity index is 458. The number of likely N-dealkylation sites (tertiary alicyclic amines) is 1. The van der Waals surface area contributed by atoms with Crippen molar-refractivity contribution in [2.75, 3.05) is 19.3 Å². The maximum absolute atomic E-state index is 12.4. The van der Waals surface area contributed by atoms with Crippen molar-refractivity contribution in [1.29, 1.82) is 0 Å². The monoisotopic (exact) mass is 316 g/mol. The van der Waals surface area contributed by atoms with Crippen LogP contribution in [0.25, 0.3) is 0 Å². The fraction of sp³-hybridized carbons (Fsp3) is 0.933. The van der Waals surface area contributed by atoms with Crippen LogP contribution < -0.4 is 5.32 Å². The minimum Gasteiger partial charge on any atom is -0.341 e. The van der Waals surface area contributed by atoms with Gasteiger partial charge >= 0.3 is 0 Å². The van der Waals surface area contributed by atoms with E-state index in [0.717, 1.165) is 45.2 Å². The lowest BCUT2D eigenvalue weighted by molar-refractivity contribution is -0.134. The van der Waals surface area contributed by atoms with Crippen molar-refractivity contribution < 1.29 is 13.2 Å². The van der Waals surface area contributed by atoms with Crippen LogP contribution in [0.3, 0.4) is 0 Å². The van der Waals surface area contributed by atoms with E-state index >= 15 is 0 Å². The molecular weight excluding hydrogens is 288 g/mol. The number of amides is 1. The van der Waals surface area contributed by atoms with Crippen LogP contribution in [0.2, 0.25) is 0 Å². The fourth-order valence-electron chi connectivity index (χ4n) is 3.50. The molecule has 2 aliphatic rings. The van der Waals surface area contributed by atoms with Crippen molar-refractivity contribution in [3.8, 4) is 0 Å². The summed E-state index contributed by atoms with van der Waals surface area (Å²) >= 11 is 0. The summed E-state index contributed by atoms with van der Waals surface area (Å²) in [7, 11) is -2.97. The summed E-state index contributed by atoms with van der Waals surface area (Å²) in [5, 5.41) is 3.11. The van der Waals surface area contributed by atoms with Crippen LogP contribution in [-0.2, 0) is 14.6 Å². The molecule has 122 valence electrons. The van der Waals surface area contributed by atoms with E-state index in [1.807, 2.05) is 11.8 Å². The molecule has 3 unspecified atom stereocenters. The molecule has 1 amide bonds. The zero-order valence-electron chi connectivity index (χ0n) is 13.2. The van der Waals surface area contributed by atoms with Gasteiger partial charge in [0.1, 0.15) is 9.84 Å². The lowest BCUT2D eigenvalue weighted by Gasteiger charge is -2.34. The van der Waals surface area contributed by atoms with Crippen molar-refractivity contribution in [2.45, 2.75) is 69.2 Å². The van der Waals surface area contributed by atoms with Crippen molar-refractivity contribution in [1.82, 2.24) is 10.2 Å². The number of rotatable bonds is 4. The number of carbonyl (C=O) groups is 1. The van der Waals surface area contributed by atoms with E-state index in [1.54, 1.807) is 0 Å². The summed E-state index contributed by atoms with van der Waals surface area (Å²) in [5.74, 6) is 0.163. The van der Waals surface area contributed by atoms with Crippen molar-refractivity contribution >= 4 is 15.7 Å². The number of nitrogens with one attached hydrogen (secondary N) is 1. The van der Waals surface area contributed by atoms with Gasteiger partial charge in [-0.15, -0.1) is 0 Å². The Hall–Kier alpha value is -0.620. The van der Waals surface area contributed by atoms with Crippen molar-refractivity contribution in [3.63, 3.8) is 0 Å². The molecule has 1 aliphatic carbocycles. The highest BCUT2D eigenvalue weighted by Gasteiger charge is 2.31. The number of carbonyl (C=O) groups excluding carboxylic acids is 1. The van der Waals surface area contributed by atoms with Gasteiger partial charge in [0.2, 0.25) is 5.91 Å². The topological polar surface area (TPSA) is 66.5 Å².